The molecule has 0 heterocycles. The number of hydrogen-bond acceptors (Lipinski definition) is 4. The van der Waals surface area contributed by atoms with Crippen molar-refractivity contribution in [2.75, 3.05) is 32.8 Å². The van der Waals surface area contributed by atoms with E-state index in [0.29, 0.717) is 19.7 Å². The van der Waals surface area contributed by atoms with Gasteiger partial charge in [0.2, 0.25) is 5.91 Å². The third-order valence-electron chi connectivity index (χ3n) is 2.44. The number of carboxylic acid groups (broad SMARTS) is 1. The second kappa shape index (κ2) is 8.03. The normalized spacial score (nSPS) is 14.6. The molecule has 0 spiro atoms. The van der Waals surface area contributed by atoms with Crippen molar-refractivity contribution >= 4 is 11.9 Å². The molecule has 0 aromatic carbocycles. The molecule has 0 saturated heterocycles. The van der Waals surface area contributed by atoms with Crippen molar-refractivity contribution in [3.8, 4) is 0 Å². The molecule has 1 saturated carbocycles. The zero-order valence-corrected chi connectivity index (χ0v) is 9.91. The van der Waals surface area contributed by atoms with Crippen molar-refractivity contribution in [3.63, 3.8) is 0 Å². The van der Waals surface area contributed by atoms with Gasteiger partial charge in [0.05, 0.1) is 26.2 Å². The van der Waals surface area contributed by atoms with Crippen LogP contribution in [0.4, 0.5) is 0 Å². The van der Waals surface area contributed by atoms with Crippen molar-refractivity contribution in [1.29, 1.82) is 0 Å². The van der Waals surface area contributed by atoms with Crippen LogP contribution in [0, 0.1) is 5.92 Å². The molecule has 1 fully saturated rings. The number of ether oxygens (including phenoxy) is 1. The molecular weight excluding hydrogens is 224 g/mol. The lowest BCUT2D eigenvalue weighted by Gasteiger charge is -2.06. The molecular formula is C11H20N2O4. The van der Waals surface area contributed by atoms with Crippen LogP contribution < -0.4 is 10.6 Å². The van der Waals surface area contributed by atoms with Gasteiger partial charge >= 0.3 is 5.97 Å². The fourth-order valence-electron chi connectivity index (χ4n) is 1.30. The standard InChI is InChI=1S/C11H20N2O4/c14-10(8-12-7-9-1-2-9)13-4-6-17-5-3-11(15)16/h9,12H,1-8H2,(H,13,14)(H,15,16). The lowest BCUT2D eigenvalue weighted by atomic mass is 10.4. The zero-order chi connectivity index (χ0) is 12.5. The molecule has 0 radical (unpaired) electrons. The first-order valence-corrected chi connectivity index (χ1v) is 5.95. The molecule has 1 rings (SSSR count). The van der Waals surface area contributed by atoms with E-state index in [9.17, 15) is 9.59 Å². The van der Waals surface area contributed by atoms with Crippen LogP contribution in [0.25, 0.3) is 0 Å². The van der Waals surface area contributed by atoms with Gasteiger partial charge in [-0.2, -0.15) is 0 Å². The van der Waals surface area contributed by atoms with Gasteiger partial charge in [-0.05, 0) is 25.3 Å². The highest BCUT2D eigenvalue weighted by atomic mass is 16.5. The van der Waals surface area contributed by atoms with Gasteiger partial charge < -0.3 is 20.5 Å². The fraction of sp³-hybridized carbons (Fsp3) is 0.818. The molecule has 98 valence electrons. The van der Waals surface area contributed by atoms with Crippen molar-refractivity contribution in [3.05, 3.63) is 0 Å². The van der Waals surface area contributed by atoms with Crippen LogP contribution in [0.2, 0.25) is 0 Å². The van der Waals surface area contributed by atoms with Gasteiger partial charge in [0.15, 0.2) is 0 Å². The van der Waals surface area contributed by atoms with Crippen LogP contribution in [0.3, 0.4) is 0 Å². The van der Waals surface area contributed by atoms with E-state index in [4.69, 9.17) is 9.84 Å². The molecule has 6 heteroatoms. The highest BCUT2D eigenvalue weighted by Crippen LogP contribution is 2.27. The minimum absolute atomic E-state index is 0.00308. The number of carbonyl (C=O) groups is 2. The van der Waals surface area contributed by atoms with E-state index < -0.39 is 5.97 Å². The third-order valence-corrected chi connectivity index (χ3v) is 2.44. The van der Waals surface area contributed by atoms with E-state index in [0.717, 1.165) is 12.5 Å². The Morgan fingerprint density at radius 1 is 1.29 bits per heavy atom. The topological polar surface area (TPSA) is 87.7 Å². The van der Waals surface area contributed by atoms with Gasteiger partial charge in [-0.3, -0.25) is 9.59 Å². The Morgan fingerprint density at radius 2 is 2.06 bits per heavy atom. The summed E-state index contributed by atoms with van der Waals surface area (Å²) in [4.78, 5) is 21.4. The molecule has 17 heavy (non-hydrogen) atoms. The summed E-state index contributed by atoms with van der Waals surface area (Å²) in [6.07, 6.45) is 2.54. The second-order valence-electron chi connectivity index (χ2n) is 4.18. The summed E-state index contributed by atoms with van der Waals surface area (Å²) in [6.45, 7) is 2.21. The highest BCUT2D eigenvalue weighted by molar-refractivity contribution is 5.77. The third kappa shape index (κ3) is 8.65. The monoisotopic (exact) mass is 244 g/mol. The number of carboxylic acids is 1. The highest BCUT2D eigenvalue weighted by Gasteiger charge is 2.20. The lowest BCUT2D eigenvalue weighted by Crippen LogP contribution is -2.36. The number of carbonyl (C=O) groups excluding carboxylic acids is 1. The quantitative estimate of drug-likeness (QED) is 0.455. The number of amides is 1. The number of nitrogens with one attached hydrogen (secondary N) is 2. The Bertz CT molecular complexity index is 254. The van der Waals surface area contributed by atoms with Gasteiger partial charge in [0.25, 0.3) is 0 Å². The number of aliphatic carboxylic acids is 1. The predicted molar refractivity (Wildman–Crippen MR) is 61.7 cm³/mol. The molecule has 1 amide bonds. The van der Waals surface area contributed by atoms with Crippen LogP contribution in [-0.2, 0) is 14.3 Å². The maximum absolute atomic E-state index is 11.3. The van der Waals surface area contributed by atoms with Crippen molar-refractivity contribution in [2.45, 2.75) is 19.3 Å². The smallest absolute Gasteiger partial charge is 0.305 e. The molecule has 3 N–H and O–H groups in total. The van der Waals surface area contributed by atoms with Gasteiger partial charge in [0, 0.05) is 6.54 Å². The summed E-state index contributed by atoms with van der Waals surface area (Å²) in [5.74, 6) is -0.159. The van der Waals surface area contributed by atoms with Crippen molar-refractivity contribution < 1.29 is 19.4 Å². The molecule has 0 atom stereocenters. The van der Waals surface area contributed by atoms with E-state index in [1.807, 2.05) is 0 Å². The molecule has 1 aliphatic rings. The van der Waals surface area contributed by atoms with Gasteiger partial charge in [0.1, 0.15) is 0 Å². The average Bonchev–Trinajstić information content (AvgIpc) is 3.06. The molecule has 0 aromatic heterocycles. The van der Waals surface area contributed by atoms with Crippen LogP contribution in [0.15, 0.2) is 0 Å². The minimum Gasteiger partial charge on any atom is -0.481 e. The second-order valence-corrected chi connectivity index (χ2v) is 4.18. The SMILES string of the molecule is O=C(O)CCOCCNC(=O)CNCC1CC1. The van der Waals surface area contributed by atoms with E-state index >= 15 is 0 Å². The summed E-state index contributed by atoms with van der Waals surface area (Å²) < 4.78 is 5.03. The van der Waals surface area contributed by atoms with Crippen molar-refractivity contribution in [2.24, 2.45) is 5.92 Å². The van der Waals surface area contributed by atoms with Crippen LogP contribution in [0.1, 0.15) is 19.3 Å². The minimum atomic E-state index is -0.877. The molecule has 0 bridgehead atoms. The van der Waals surface area contributed by atoms with E-state index in [2.05, 4.69) is 10.6 Å². The number of hydrogen-bond donors (Lipinski definition) is 3. The molecule has 6 nitrogen and oxygen atoms in total. The van der Waals surface area contributed by atoms with Crippen LogP contribution >= 0.6 is 0 Å². The summed E-state index contributed by atoms with van der Waals surface area (Å²) in [5.41, 5.74) is 0. The largest absolute Gasteiger partial charge is 0.481 e. The Balaban J connectivity index is 1.80. The molecule has 0 unspecified atom stereocenters. The Morgan fingerprint density at radius 3 is 2.71 bits per heavy atom. The van der Waals surface area contributed by atoms with Crippen molar-refractivity contribution in [1.82, 2.24) is 10.6 Å². The maximum Gasteiger partial charge on any atom is 0.305 e. The lowest BCUT2D eigenvalue weighted by molar-refractivity contribution is -0.138. The van der Waals surface area contributed by atoms with E-state index in [1.165, 1.54) is 12.8 Å². The molecule has 0 aromatic rings. The first-order chi connectivity index (χ1) is 8.18. The summed E-state index contributed by atoms with van der Waals surface area (Å²) >= 11 is 0. The van der Waals surface area contributed by atoms with Crippen LogP contribution in [-0.4, -0.2) is 49.8 Å². The Kier molecular flexibility index (Phi) is 6.57. The van der Waals surface area contributed by atoms with Gasteiger partial charge in [-0.1, -0.05) is 0 Å². The van der Waals surface area contributed by atoms with Crippen LogP contribution in [0.5, 0.6) is 0 Å². The molecule has 0 aliphatic heterocycles. The summed E-state index contributed by atoms with van der Waals surface area (Å²) in [6, 6.07) is 0. The first-order valence-electron chi connectivity index (χ1n) is 5.95. The summed E-state index contributed by atoms with van der Waals surface area (Å²) in [5, 5.41) is 14.1. The summed E-state index contributed by atoms with van der Waals surface area (Å²) in [7, 11) is 0. The van der Waals surface area contributed by atoms with Gasteiger partial charge in [-0.25, -0.2) is 0 Å². The average molecular weight is 244 g/mol. The van der Waals surface area contributed by atoms with Gasteiger partial charge in [-0.15, -0.1) is 0 Å². The number of rotatable bonds is 10. The Labute approximate surface area is 101 Å². The fourth-order valence-corrected chi connectivity index (χ4v) is 1.30. The molecule has 1 aliphatic carbocycles. The zero-order valence-electron chi connectivity index (χ0n) is 9.91. The maximum atomic E-state index is 11.3. The Hall–Kier alpha value is -1.14. The van der Waals surface area contributed by atoms with E-state index in [1.54, 1.807) is 0 Å². The van der Waals surface area contributed by atoms with E-state index in [-0.39, 0.29) is 18.9 Å². The predicted octanol–water partition coefficient (Wildman–Crippen LogP) is -0.406. The first kappa shape index (κ1) is 13.9.